The molecule has 3 rings (SSSR count). The van der Waals surface area contributed by atoms with Crippen LogP contribution in [0.25, 0.3) is 0 Å². The van der Waals surface area contributed by atoms with E-state index in [1.54, 1.807) is 0 Å². The predicted molar refractivity (Wildman–Crippen MR) is 83.0 cm³/mol. The molecule has 4 nitrogen and oxygen atoms in total. The topological polar surface area (TPSA) is 53.8 Å². The number of amides is 1. The maximum absolute atomic E-state index is 11.8. The molecule has 0 aromatic heterocycles. The van der Waals surface area contributed by atoms with E-state index in [1.165, 1.54) is 0 Å². The first-order valence-electron chi connectivity index (χ1n) is 7.10. The SMILES string of the molecule is C[C@H]1C[C@H]1C(=O)Nc1ccc(N=Nc2ccccc2)cc1. The van der Waals surface area contributed by atoms with Gasteiger partial charge < -0.3 is 5.32 Å². The number of carbonyl (C=O) groups excluding carboxylic acids is 1. The van der Waals surface area contributed by atoms with Gasteiger partial charge in [-0.15, -0.1) is 0 Å². The first kappa shape index (κ1) is 13.5. The maximum Gasteiger partial charge on any atom is 0.227 e. The Morgan fingerprint density at radius 2 is 1.57 bits per heavy atom. The Balaban J connectivity index is 1.61. The lowest BCUT2D eigenvalue weighted by Gasteiger charge is -2.04. The molecule has 1 aliphatic rings. The van der Waals surface area contributed by atoms with Gasteiger partial charge in [-0.3, -0.25) is 4.79 Å². The van der Waals surface area contributed by atoms with Crippen molar-refractivity contribution in [3.63, 3.8) is 0 Å². The van der Waals surface area contributed by atoms with E-state index in [2.05, 4.69) is 22.5 Å². The van der Waals surface area contributed by atoms with Crippen molar-refractivity contribution in [2.45, 2.75) is 13.3 Å². The normalized spacial score (nSPS) is 20.4. The fourth-order valence-corrected chi connectivity index (χ4v) is 2.14. The van der Waals surface area contributed by atoms with E-state index < -0.39 is 0 Å². The summed E-state index contributed by atoms with van der Waals surface area (Å²) in [5, 5.41) is 11.2. The Hall–Kier alpha value is -2.49. The van der Waals surface area contributed by atoms with Gasteiger partial charge >= 0.3 is 0 Å². The second-order valence-electron chi connectivity index (χ2n) is 5.39. The zero-order valence-electron chi connectivity index (χ0n) is 11.9. The Morgan fingerprint density at radius 3 is 2.14 bits per heavy atom. The van der Waals surface area contributed by atoms with Crippen LogP contribution in [-0.2, 0) is 4.79 Å². The van der Waals surface area contributed by atoms with Crippen LogP contribution in [0.2, 0.25) is 0 Å². The lowest BCUT2D eigenvalue weighted by Crippen LogP contribution is -2.14. The molecule has 2 aromatic rings. The third kappa shape index (κ3) is 3.54. The molecule has 0 bridgehead atoms. The van der Waals surface area contributed by atoms with E-state index >= 15 is 0 Å². The van der Waals surface area contributed by atoms with E-state index in [4.69, 9.17) is 0 Å². The van der Waals surface area contributed by atoms with Crippen LogP contribution in [0.5, 0.6) is 0 Å². The van der Waals surface area contributed by atoms with Crippen LogP contribution >= 0.6 is 0 Å². The Kier molecular flexibility index (Phi) is 3.77. The number of azo groups is 1. The zero-order chi connectivity index (χ0) is 14.7. The fourth-order valence-electron chi connectivity index (χ4n) is 2.14. The predicted octanol–water partition coefficient (Wildman–Crippen LogP) is 4.70. The van der Waals surface area contributed by atoms with Gasteiger partial charge in [-0.25, -0.2) is 0 Å². The first-order chi connectivity index (χ1) is 10.2. The number of hydrogen-bond acceptors (Lipinski definition) is 3. The van der Waals surface area contributed by atoms with Crippen LogP contribution in [0.3, 0.4) is 0 Å². The summed E-state index contributed by atoms with van der Waals surface area (Å²) in [6, 6.07) is 17.0. The summed E-state index contributed by atoms with van der Waals surface area (Å²) in [6.07, 6.45) is 0.995. The number of benzene rings is 2. The molecule has 1 amide bonds. The second kappa shape index (κ2) is 5.87. The molecule has 0 aliphatic heterocycles. The molecule has 1 saturated carbocycles. The van der Waals surface area contributed by atoms with Crippen LogP contribution in [-0.4, -0.2) is 5.91 Å². The van der Waals surface area contributed by atoms with E-state index in [0.29, 0.717) is 5.92 Å². The van der Waals surface area contributed by atoms with Crippen molar-refractivity contribution in [3.05, 3.63) is 54.6 Å². The Bertz CT molecular complexity index is 649. The molecular weight excluding hydrogens is 262 g/mol. The van der Waals surface area contributed by atoms with E-state index in [1.807, 2.05) is 54.6 Å². The minimum absolute atomic E-state index is 0.112. The number of rotatable bonds is 4. The maximum atomic E-state index is 11.8. The number of carbonyl (C=O) groups is 1. The van der Waals surface area contributed by atoms with Crippen LogP contribution < -0.4 is 5.32 Å². The van der Waals surface area contributed by atoms with Crippen molar-refractivity contribution in [2.24, 2.45) is 22.1 Å². The quantitative estimate of drug-likeness (QED) is 0.810. The van der Waals surface area contributed by atoms with Crippen molar-refractivity contribution in [3.8, 4) is 0 Å². The largest absolute Gasteiger partial charge is 0.326 e. The highest BCUT2D eigenvalue weighted by Crippen LogP contribution is 2.38. The summed E-state index contributed by atoms with van der Waals surface area (Å²) in [5.41, 5.74) is 2.38. The van der Waals surface area contributed by atoms with E-state index in [-0.39, 0.29) is 11.8 Å². The average Bonchev–Trinajstić information content (AvgIpc) is 3.25. The minimum atomic E-state index is 0.112. The fraction of sp³-hybridized carbons (Fsp3) is 0.235. The van der Waals surface area contributed by atoms with Crippen LogP contribution in [0.4, 0.5) is 17.1 Å². The molecule has 0 spiro atoms. The van der Waals surface area contributed by atoms with Crippen LogP contribution in [0.1, 0.15) is 13.3 Å². The third-order valence-corrected chi connectivity index (χ3v) is 3.62. The van der Waals surface area contributed by atoms with E-state index in [9.17, 15) is 4.79 Å². The molecule has 1 N–H and O–H groups in total. The summed E-state index contributed by atoms with van der Waals surface area (Å²) in [7, 11) is 0. The van der Waals surface area contributed by atoms with Crippen molar-refractivity contribution < 1.29 is 4.79 Å². The average molecular weight is 279 g/mol. The molecule has 0 saturated heterocycles. The van der Waals surface area contributed by atoms with Crippen molar-refractivity contribution >= 4 is 23.0 Å². The highest BCUT2D eigenvalue weighted by Gasteiger charge is 2.38. The lowest BCUT2D eigenvalue weighted by atomic mass is 10.2. The van der Waals surface area contributed by atoms with Gasteiger partial charge in [0.1, 0.15) is 0 Å². The summed E-state index contributed by atoms with van der Waals surface area (Å²) >= 11 is 0. The number of hydrogen-bond donors (Lipinski definition) is 1. The number of nitrogens with one attached hydrogen (secondary N) is 1. The molecule has 21 heavy (non-hydrogen) atoms. The Morgan fingerprint density at radius 1 is 1.00 bits per heavy atom. The molecule has 4 heteroatoms. The highest BCUT2D eigenvalue weighted by atomic mass is 16.2. The number of anilines is 1. The van der Waals surface area contributed by atoms with Gasteiger partial charge in [0, 0.05) is 11.6 Å². The first-order valence-corrected chi connectivity index (χ1v) is 7.10. The van der Waals surface area contributed by atoms with Crippen LogP contribution in [0.15, 0.2) is 64.8 Å². The zero-order valence-corrected chi connectivity index (χ0v) is 11.9. The summed E-state index contributed by atoms with van der Waals surface area (Å²) < 4.78 is 0. The summed E-state index contributed by atoms with van der Waals surface area (Å²) in [5.74, 6) is 0.813. The highest BCUT2D eigenvalue weighted by molar-refractivity contribution is 5.94. The molecule has 0 heterocycles. The van der Waals surface area contributed by atoms with Crippen molar-refractivity contribution in [1.82, 2.24) is 0 Å². The molecule has 1 fully saturated rings. The van der Waals surface area contributed by atoms with Gasteiger partial charge in [0.25, 0.3) is 0 Å². The van der Waals surface area contributed by atoms with Gasteiger partial charge in [-0.1, -0.05) is 25.1 Å². The minimum Gasteiger partial charge on any atom is -0.326 e. The lowest BCUT2D eigenvalue weighted by molar-refractivity contribution is -0.117. The number of nitrogens with zero attached hydrogens (tertiary/aromatic N) is 2. The molecule has 1 aliphatic carbocycles. The summed E-state index contributed by atoms with van der Waals surface area (Å²) in [4.78, 5) is 11.8. The smallest absolute Gasteiger partial charge is 0.227 e. The molecular formula is C17H17N3O. The molecule has 106 valence electrons. The second-order valence-corrected chi connectivity index (χ2v) is 5.39. The standard InChI is InChI=1S/C17H17N3O/c1-12-11-16(12)17(21)18-13-7-9-15(10-8-13)20-19-14-5-3-2-4-6-14/h2-10,12,16H,11H2,1H3,(H,18,21)/t12-,16+/m0/s1. The van der Waals surface area contributed by atoms with Gasteiger partial charge in [0.05, 0.1) is 11.4 Å². The van der Waals surface area contributed by atoms with Gasteiger partial charge in [0.15, 0.2) is 0 Å². The third-order valence-electron chi connectivity index (χ3n) is 3.62. The van der Waals surface area contributed by atoms with Crippen molar-refractivity contribution in [1.29, 1.82) is 0 Å². The van der Waals surface area contributed by atoms with Gasteiger partial charge in [-0.05, 0) is 48.7 Å². The molecule has 2 atom stereocenters. The molecule has 0 unspecified atom stereocenters. The van der Waals surface area contributed by atoms with E-state index in [0.717, 1.165) is 23.5 Å². The van der Waals surface area contributed by atoms with Crippen molar-refractivity contribution in [2.75, 3.05) is 5.32 Å². The molecule has 0 radical (unpaired) electrons. The van der Waals surface area contributed by atoms with Crippen LogP contribution in [0, 0.1) is 11.8 Å². The summed E-state index contributed by atoms with van der Waals surface area (Å²) in [6.45, 7) is 2.09. The molecule has 2 aromatic carbocycles. The van der Waals surface area contributed by atoms with Gasteiger partial charge in [0.2, 0.25) is 5.91 Å². The Labute approximate surface area is 123 Å². The monoisotopic (exact) mass is 279 g/mol. The van der Waals surface area contributed by atoms with Gasteiger partial charge in [-0.2, -0.15) is 10.2 Å².